The van der Waals surface area contributed by atoms with Crippen LogP contribution < -0.4 is 0 Å². The fourth-order valence-corrected chi connectivity index (χ4v) is 2.69. The van der Waals surface area contributed by atoms with E-state index in [1.807, 2.05) is 30.3 Å². The Morgan fingerprint density at radius 1 is 1.30 bits per heavy atom. The summed E-state index contributed by atoms with van der Waals surface area (Å²) in [5, 5.41) is 10.3. The summed E-state index contributed by atoms with van der Waals surface area (Å²) in [6.07, 6.45) is 2.41. The van der Waals surface area contributed by atoms with Crippen molar-refractivity contribution in [2.45, 2.75) is 19.6 Å². The monoisotopic (exact) mass is 294 g/mol. The lowest BCUT2D eigenvalue weighted by Crippen LogP contribution is -2.17. The number of aliphatic hydroxyl groups excluding tert-OH is 1. The van der Waals surface area contributed by atoms with Crippen LogP contribution in [0.3, 0.4) is 0 Å². The standard InChI is InChI=1S/C14H18N2O3S/c1-2-20(18,19)11-10-16-9-8-15-14(16)13(17)12-6-4-3-5-7-12/h3-9,13,17H,2,10-11H2,1H3/t13-/m1/s1. The summed E-state index contributed by atoms with van der Waals surface area (Å²) in [5.74, 6) is 0.634. The highest BCUT2D eigenvalue weighted by atomic mass is 32.2. The molecule has 1 aromatic carbocycles. The Morgan fingerprint density at radius 3 is 2.65 bits per heavy atom. The number of benzene rings is 1. The van der Waals surface area contributed by atoms with Crippen LogP contribution in [0.25, 0.3) is 0 Å². The maximum absolute atomic E-state index is 11.5. The van der Waals surface area contributed by atoms with Crippen LogP contribution in [0.5, 0.6) is 0 Å². The van der Waals surface area contributed by atoms with Gasteiger partial charge in [-0.05, 0) is 5.56 Å². The lowest BCUT2D eigenvalue weighted by Gasteiger charge is -2.13. The van der Waals surface area contributed by atoms with E-state index in [4.69, 9.17) is 0 Å². The molecule has 0 aliphatic carbocycles. The summed E-state index contributed by atoms with van der Waals surface area (Å²) in [4.78, 5) is 4.14. The van der Waals surface area contributed by atoms with Crippen molar-refractivity contribution < 1.29 is 13.5 Å². The molecular weight excluding hydrogens is 276 g/mol. The lowest BCUT2D eigenvalue weighted by atomic mass is 10.1. The number of aryl methyl sites for hydroxylation is 1. The molecular formula is C14H18N2O3S. The minimum Gasteiger partial charge on any atom is -0.380 e. The fourth-order valence-electron chi connectivity index (χ4n) is 1.92. The fraction of sp³-hybridized carbons (Fsp3) is 0.357. The Kier molecular flexibility index (Phi) is 4.57. The molecule has 0 amide bonds. The molecule has 2 aromatic rings. The molecule has 0 saturated carbocycles. The first kappa shape index (κ1) is 14.7. The molecule has 0 unspecified atom stereocenters. The second kappa shape index (κ2) is 6.19. The first-order valence-electron chi connectivity index (χ1n) is 6.48. The van der Waals surface area contributed by atoms with Gasteiger partial charge in [-0.3, -0.25) is 0 Å². The molecule has 6 heteroatoms. The molecule has 20 heavy (non-hydrogen) atoms. The largest absolute Gasteiger partial charge is 0.380 e. The van der Waals surface area contributed by atoms with Crippen LogP contribution in [-0.2, 0) is 16.4 Å². The van der Waals surface area contributed by atoms with E-state index in [0.717, 1.165) is 5.56 Å². The van der Waals surface area contributed by atoms with Crippen LogP contribution in [0.2, 0.25) is 0 Å². The van der Waals surface area contributed by atoms with Crippen molar-refractivity contribution in [2.75, 3.05) is 11.5 Å². The Labute approximate surface area is 118 Å². The molecule has 2 rings (SSSR count). The zero-order valence-electron chi connectivity index (χ0n) is 11.3. The van der Waals surface area contributed by atoms with Gasteiger partial charge in [-0.2, -0.15) is 0 Å². The van der Waals surface area contributed by atoms with E-state index in [2.05, 4.69) is 4.98 Å². The van der Waals surface area contributed by atoms with Crippen LogP contribution in [0, 0.1) is 0 Å². The highest BCUT2D eigenvalue weighted by Crippen LogP contribution is 2.20. The van der Waals surface area contributed by atoms with Gasteiger partial charge in [0.2, 0.25) is 0 Å². The molecule has 0 aliphatic heterocycles. The minimum atomic E-state index is -3.03. The van der Waals surface area contributed by atoms with Crippen molar-refractivity contribution in [2.24, 2.45) is 0 Å². The summed E-state index contributed by atoms with van der Waals surface area (Å²) in [7, 11) is -3.03. The van der Waals surface area contributed by atoms with Crippen LogP contribution in [-0.4, -0.2) is 34.6 Å². The molecule has 108 valence electrons. The molecule has 1 N–H and O–H groups in total. The van der Waals surface area contributed by atoms with E-state index in [1.165, 1.54) is 0 Å². The molecule has 1 heterocycles. The zero-order valence-corrected chi connectivity index (χ0v) is 12.1. The Hall–Kier alpha value is -1.66. The normalized spacial score (nSPS) is 13.3. The molecule has 5 nitrogen and oxygen atoms in total. The quantitative estimate of drug-likeness (QED) is 0.874. The smallest absolute Gasteiger partial charge is 0.151 e. The number of aromatic nitrogens is 2. The molecule has 0 spiro atoms. The van der Waals surface area contributed by atoms with Gasteiger partial charge in [0, 0.05) is 24.7 Å². The number of sulfone groups is 1. The molecule has 0 saturated heterocycles. The van der Waals surface area contributed by atoms with Gasteiger partial charge in [0.05, 0.1) is 5.75 Å². The molecule has 0 fully saturated rings. The zero-order chi connectivity index (χ0) is 14.6. The van der Waals surface area contributed by atoms with Gasteiger partial charge in [-0.1, -0.05) is 37.3 Å². The maximum Gasteiger partial charge on any atom is 0.151 e. The van der Waals surface area contributed by atoms with Crippen LogP contribution >= 0.6 is 0 Å². The van der Waals surface area contributed by atoms with Crippen LogP contribution in [0.15, 0.2) is 42.7 Å². The van der Waals surface area contributed by atoms with E-state index in [9.17, 15) is 13.5 Å². The van der Waals surface area contributed by atoms with Crippen LogP contribution in [0.1, 0.15) is 24.4 Å². The number of hydrogen-bond donors (Lipinski definition) is 1. The summed E-state index contributed by atoms with van der Waals surface area (Å²) >= 11 is 0. The Balaban J connectivity index is 2.17. The average molecular weight is 294 g/mol. The molecule has 1 atom stereocenters. The van der Waals surface area contributed by atoms with E-state index in [-0.39, 0.29) is 11.5 Å². The maximum atomic E-state index is 11.5. The van der Waals surface area contributed by atoms with Crippen LogP contribution in [0.4, 0.5) is 0 Å². The molecule has 0 bridgehead atoms. The highest BCUT2D eigenvalue weighted by molar-refractivity contribution is 7.91. The van der Waals surface area contributed by atoms with Crippen molar-refractivity contribution in [1.82, 2.24) is 9.55 Å². The van der Waals surface area contributed by atoms with Gasteiger partial charge >= 0.3 is 0 Å². The predicted molar refractivity (Wildman–Crippen MR) is 77.1 cm³/mol. The highest BCUT2D eigenvalue weighted by Gasteiger charge is 2.17. The molecule has 0 aliphatic rings. The van der Waals surface area contributed by atoms with E-state index >= 15 is 0 Å². The van der Waals surface area contributed by atoms with Crippen molar-refractivity contribution in [3.05, 3.63) is 54.1 Å². The summed E-state index contributed by atoms with van der Waals surface area (Å²) in [5.41, 5.74) is 0.735. The van der Waals surface area contributed by atoms with E-state index < -0.39 is 15.9 Å². The Bertz CT molecular complexity index is 650. The van der Waals surface area contributed by atoms with Crippen molar-refractivity contribution >= 4 is 9.84 Å². The number of nitrogens with zero attached hydrogens (tertiary/aromatic N) is 2. The van der Waals surface area contributed by atoms with Crippen molar-refractivity contribution in [1.29, 1.82) is 0 Å². The second-order valence-corrected chi connectivity index (χ2v) is 7.00. The van der Waals surface area contributed by atoms with Gasteiger partial charge in [0.25, 0.3) is 0 Å². The summed E-state index contributed by atoms with van der Waals surface area (Å²) in [6, 6.07) is 9.18. The summed E-state index contributed by atoms with van der Waals surface area (Å²) < 4.78 is 24.8. The summed E-state index contributed by atoms with van der Waals surface area (Å²) in [6.45, 7) is 1.93. The number of rotatable bonds is 6. The third-order valence-corrected chi connectivity index (χ3v) is 4.87. The average Bonchev–Trinajstić information content (AvgIpc) is 2.94. The SMILES string of the molecule is CCS(=O)(=O)CCn1ccnc1[C@H](O)c1ccccc1. The number of imidazole rings is 1. The lowest BCUT2D eigenvalue weighted by molar-refractivity contribution is 0.205. The second-order valence-electron chi connectivity index (χ2n) is 4.53. The van der Waals surface area contributed by atoms with E-state index in [1.54, 1.807) is 23.9 Å². The third-order valence-electron chi connectivity index (χ3n) is 3.19. The first-order chi connectivity index (χ1) is 9.53. The molecule has 1 aromatic heterocycles. The van der Waals surface area contributed by atoms with E-state index in [0.29, 0.717) is 12.4 Å². The van der Waals surface area contributed by atoms with Crippen molar-refractivity contribution in [3.8, 4) is 0 Å². The Morgan fingerprint density at radius 2 is 2.00 bits per heavy atom. The topological polar surface area (TPSA) is 72.2 Å². The van der Waals surface area contributed by atoms with Gasteiger partial charge in [-0.25, -0.2) is 13.4 Å². The predicted octanol–water partition coefficient (Wildman–Crippen LogP) is 1.40. The number of hydrogen-bond acceptors (Lipinski definition) is 4. The molecule has 0 radical (unpaired) electrons. The van der Waals surface area contributed by atoms with Gasteiger partial charge < -0.3 is 9.67 Å². The van der Waals surface area contributed by atoms with Gasteiger partial charge in [0.15, 0.2) is 9.84 Å². The van der Waals surface area contributed by atoms with Gasteiger partial charge in [0.1, 0.15) is 11.9 Å². The number of aliphatic hydroxyl groups is 1. The van der Waals surface area contributed by atoms with Crippen molar-refractivity contribution in [3.63, 3.8) is 0 Å². The minimum absolute atomic E-state index is 0.0500. The third kappa shape index (κ3) is 3.46. The van der Waals surface area contributed by atoms with Gasteiger partial charge in [-0.15, -0.1) is 0 Å². The first-order valence-corrected chi connectivity index (χ1v) is 8.30.